The lowest BCUT2D eigenvalue weighted by molar-refractivity contribution is -0.140. The Balaban J connectivity index is 0.00000132. The van der Waals surface area contributed by atoms with Crippen LogP contribution in [-0.2, 0) is 4.79 Å². The number of aliphatic hydroxyl groups is 1. The Morgan fingerprint density at radius 1 is 1.26 bits per heavy atom. The highest BCUT2D eigenvalue weighted by Crippen LogP contribution is 2.48. The van der Waals surface area contributed by atoms with Crippen LogP contribution in [0.15, 0.2) is 0 Å². The highest BCUT2D eigenvalue weighted by Gasteiger charge is 2.50. The lowest BCUT2D eigenvalue weighted by Gasteiger charge is -2.42. The average Bonchev–Trinajstić information content (AvgIpc) is 3.00. The maximum absolute atomic E-state index is 12.9. The second kappa shape index (κ2) is 8.34. The van der Waals surface area contributed by atoms with E-state index in [0.29, 0.717) is 30.3 Å². The summed E-state index contributed by atoms with van der Waals surface area (Å²) in [5.41, 5.74) is 6.31. The van der Waals surface area contributed by atoms with E-state index in [2.05, 4.69) is 11.8 Å². The van der Waals surface area contributed by atoms with Crippen LogP contribution in [-0.4, -0.2) is 65.2 Å². The van der Waals surface area contributed by atoms with E-state index in [0.717, 1.165) is 26.1 Å². The predicted molar refractivity (Wildman–Crippen MR) is 96.1 cm³/mol. The molecule has 2 aliphatic carbocycles. The zero-order chi connectivity index (χ0) is 15.1. The SMILES string of the molecule is CC(O)CN1CCN(C(=O)C2C3CCC(C3)C2N)CC1C.Cl.Cl. The van der Waals surface area contributed by atoms with Crippen LogP contribution in [0.25, 0.3) is 0 Å². The first-order valence-electron chi connectivity index (χ1n) is 8.44. The smallest absolute Gasteiger partial charge is 0.227 e. The molecular formula is C16H31Cl2N3O2. The Morgan fingerprint density at radius 3 is 2.43 bits per heavy atom. The summed E-state index contributed by atoms with van der Waals surface area (Å²) in [5.74, 6) is 1.47. The first-order chi connectivity index (χ1) is 9.97. The molecular weight excluding hydrogens is 337 g/mol. The highest BCUT2D eigenvalue weighted by molar-refractivity contribution is 5.85. The first-order valence-corrected chi connectivity index (χ1v) is 8.44. The minimum absolute atomic E-state index is 0. The number of fused-ring (bicyclic) bond motifs is 2. The Bertz CT molecular complexity index is 409. The van der Waals surface area contributed by atoms with E-state index in [4.69, 9.17) is 5.73 Å². The van der Waals surface area contributed by atoms with Gasteiger partial charge in [0.15, 0.2) is 0 Å². The number of carbonyl (C=O) groups is 1. The van der Waals surface area contributed by atoms with E-state index >= 15 is 0 Å². The van der Waals surface area contributed by atoms with Crippen LogP contribution in [0, 0.1) is 17.8 Å². The van der Waals surface area contributed by atoms with Gasteiger partial charge in [0.05, 0.1) is 12.0 Å². The second-order valence-corrected chi connectivity index (χ2v) is 7.41. The van der Waals surface area contributed by atoms with Gasteiger partial charge in [0.1, 0.15) is 0 Å². The highest BCUT2D eigenvalue weighted by atomic mass is 35.5. The number of carbonyl (C=O) groups excluding carboxylic acids is 1. The van der Waals surface area contributed by atoms with Crippen LogP contribution in [0.1, 0.15) is 33.1 Å². The molecule has 1 aliphatic heterocycles. The third-order valence-electron chi connectivity index (χ3n) is 5.84. The number of halogens is 2. The molecule has 6 atom stereocenters. The lowest BCUT2D eigenvalue weighted by atomic mass is 9.83. The second-order valence-electron chi connectivity index (χ2n) is 7.41. The number of nitrogens with two attached hydrogens (primary N) is 1. The van der Waals surface area contributed by atoms with Crippen molar-refractivity contribution in [1.82, 2.24) is 9.80 Å². The van der Waals surface area contributed by atoms with Crippen molar-refractivity contribution in [3.63, 3.8) is 0 Å². The molecule has 1 heterocycles. The van der Waals surface area contributed by atoms with Crippen LogP contribution in [0.4, 0.5) is 0 Å². The molecule has 3 N–H and O–H groups in total. The number of aliphatic hydroxyl groups excluding tert-OH is 1. The average molecular weight is 368 g/mol. The predicted octanol–water partition coefficient (Wildman–Crippen LogP) is 1.12. The number of hydrogen-bond acceptors (Lipinski definition) is 4. The lowest BCUT2D eigenvalue weighted by Crippen LogP contribution is -2.57. The van der Waals surface area contributed by atoms with Gasteiger partial charge in [-0.1, -0.05) is 0 Å². The van der Waals surface area contributed by atoms with Gasteiger partial charge in [-0.05, 0) is 44.9 Å². The topological polar surface area (TPSA) is 69.8 Å². The number of rotatable bonds is 3. The van der Waals surface area contributed by atoms with Crippen molar-refractivity contribution in [3.05, 3.63) is 0 Å². The van der Waals surface area contributed by atoms with Crippen molar-refractivity contribution in [3.8, 4) is 0 Å². The number of amides is 1. The van der Waals surface area contributed by atoms with Gasteiger partial charge in [0.25, 0.3) is 0 Å². The van der Waals surface area contributed by atoms with Gasteiger partial charge in [0, 0.05) is 38.3 Å². The van der Waals surface area contributed by atoms with Crippen molar-refractivity contribution in [2.75, 3.05) is 26.2 Å². The van der Waals surface area contributed by atoms with Gasteiger partial charge in [-0.25, -0.2) is 0 Å². The zero-order valence-corrected chi connectivity index (χ0v) is 15.7. The molecule has 0 spiro atoms. The van der Waals surface area contributed by atoms with Crippen LogP contribution in [0.2, 0.25) is 0 Å². The molecule has 3 fully saturated rings. The maximum atomic E-state index is 12.9. The van der Waals surface area contributed by atoms with Gasteiger partial charge in [-0.15, -0.1) is 24.8 Å². The molecule has 136 valence electrons. The third-order valence-corrected chi connectivity index (χ3v) is 5.84. The van der Waals surface area contributed by atoms with E-state index in [9.17, 15) is 9.90 Å². The quantitative estimate of drug-likeness (QED) is 0.783. The number of hydrogen-bond donors (Lipinski definition) is 2. The molecule has 6 unspecified atom stereocenters. The summed E-state index contributed by atoms with van der Waals surface area (Å²) in [6.07, 6.45) is 3.25. The minimum atomic E-state index is -0.311. The molecule has 7 heteroatoms. The normalized spacial score (nSPS) is 37.9. The molecule has 3 aliphatic rings. The standard InChI is InChI=1S/C16H29N3O2.2ClH/c1-10-8-19(6-5-18(10)9-11(2)20)16(21)14-12-3-4-13(7-12)15(14)17;;/h10-15,20H,3-9,17H2,1-2H3;2*1H. The summed E-state index contributed by atoms with van der Waals surface area (Å²) in [5, 5.41) is 9.54. The van der Waals surface area contributed by atoms with Crippen LogP contribution in [0.5, 0.6) is 0 Å². The fourth-order valence-electron chi connectivity index (χ4n) is 4.72. The summed E-state index contributed by atoms with van der Waals surface area (Å²) in [6, 6.07) is 0.397. The van der Waals surface area contributed by atoms with Crippen LogP contribution < -0.4 is 5.73 Å². The molecule has 1 amide bonds. The molecule has 2 saturated carbocycles. The van der Waals surface area contributed by atoms with E-state index in [1.54, 1.807) is 0 Å². The summed E-state index contributed by atoms with van der Waals surface area (Å²) in [7, 11) is 0. The van der Waals surface area contributed by atoms with Crippen molar-refractivity contribution in [2.45, 2.75) is 51.3 Å². The first kappa shape index (κ1) is 21.0. The number of piperazine rings is 1. The molecule has 3 rings (SSSR count). The van der Waals surface area contributed by atoms with Gasteiger partial charge in [-0.2, -0.15) is 0 Å². The fourth-order valence-corrected chi connectivity index (χ4v) is 4.72. The van der Waals surface area contributed by atoms with Crippen molar-refractivity contribution in [2.24, 2.45) is 23.5 Å². The third kappa shape index (κ3) is 4.13. The maximum Gasteiger partial charge on any atom is 0.227 e. The minimum Gasteiger partial charge on any atom is -0.392 e. The molecule has 0 radical (unpaired) electrons. The van der Waals surface area contributed by atoms with E-state index < -0.39 is 0 Å². The molecule has 5 nitrogen and oxygen atoms in total. The Labute approximate surface area is 151 Å². The Kier molecular flexibility index (Phi) is 7.61. The van der Waals surface area contributed by atoms with Gasteiger partial charge in [0.2, 0.25) is 5.91 Å². The van der Waals surface area contributed by atoms with Gasteiger partial charge >= 0.3 is 0 Å². The van der Waals surface area contributed by atoms with E-state index in [1.165, 1.54) is 12.8 Å². The largest absolute Gasteiger partial charge is 0.392 e. The van der Waals surface area contributed by atoms with Gasteiger partial charge < -0.3 is 15.7 Å². The Morgan fingerprint density at radius 2 is 1.91 bits per heavy atom. The molecule has 0 aromatic rings. The summed E-state index contributed by atoms with van der Waals surface area (Å²) in [6.45, 7) is 7.05. The summed E-state index contributed by atoms with van der Waals surface area (Å²) < 4.78 is 0. The van der Waals surface area contributed by atoms with Crippen molar-refractivity contribution < 1.29 is 9.90 Å². The molecule has 1 saturated heterocycles. The molecule has 2 bridgehead atoms. The van der Waals surface area contributed by atoms with E-state index in [-0.39, 0.29) is 42.9 Å². The summed E-state index contributed by atoms with van der Waals surface area (Å²) in [4.78, 5) is 17.1. The monoisotopic (exact) mass is 367 g/mol. The van der Waals surface area contributed by atoms with E-state index in [1.807, 2.05) is 11.8 Å². The van der Waals surface area contributed by atoms with Crippen molar-refractivity contribution >= 4 is 30.7 Å². The fraction of sp³-hybridized carbons (Fsp3) is 0.938. The molecule has 0 aromatic carbocycles. The van der Waals surface area contributed by atoms with Crippen molar-refractivity contribution in [1.29, 1.82) is 0 Å². The van der Waals surface area contributed by atoms with Gasteiger partial charge in [-0.3, -0.25) is 9.69 Å². The number of nitrogens with zero attached hydrogens (tertiary/aromatic N) is 2. The summed E-state index contributed by atoms with van der Waals surface area (Å²) >= 11 is 0. The number of β-amino-alcohol motifs (C(OH)–C–C–N with tert-alkyl or cyclic N) is 1. The zero-order valence-electron chi connectivity index (χ0n) is 14.1. The Hall–Kier alpha value is -0.0700. The van der Waals surface area contributed by atoms with Crippen LogP contribution in [0.3, 0.4) is 0 Å². The molecule has 23 heavy (non-hydrogen) atoms. The van der Waals surface area contributed by atoms with Crippen LogP contribution >= 0.6 is 24.8 Å². The molecule has 0 aromatic heterocycles.